The summed E-state index contributed by atoms with van der Waals surface area (Å²) in [5.74, 6) is 0.339. The van der Waals surface area contributed by atoms with Gasteiger partial charge in [-0.05, 0) is 52.2 Å². The van der Waals surface area contributed by atoms with Gasteiger partial charge in [-0.3, -0.25) is 9.48 Å². The van der Waals surface area contributed by atoms with E-state index in [1.54, 1.807) is 0 Å². The molecular formula is C26H30N6O. The molecule has 1 aliphatic carbocycles. The Hall–Kier alpha value is -3.48. The molecule has 7 heteroatoms. The van der Waals surface area contributed by atoms with Crippen LogP contribution in [0.2, 0.25) is 0 Å². The number of aromatic nitrogens is 5. The van der Waals surface area contributed by atoms with Crippen LogP contribution in [0.5, 0.6) is 0 Å². The molecule has 0 saturated heterocycles. The minimum Gasteiger partial charge on any atom is -0.345 e. The second kappa shape index (κ2) is 8.46. The average Bonchev–Trinajstić information content (AvgIpc) is 3.53. The van der Waals surface area contributed by atoms with Gasteiger partial charge in [-0.25, -0.2) is 9.67 Å². The number of aryl methyl sites for hydroxylation is 3. The molecular weight excluding hydrogens is 412 g/mol. The number of amides is 1. The van der Waals surface area contributed by atoms with E-state index in [4.69, 9.17) is 10.1 Å². The van der Waals surface area contributed by atoms with Crippen molar-refractivity contribution in [2.75, 3.05) is 0 Å². The minimum atomic E-state index is -0.148. The Morgan fingerprint density at radius 2 is 1.91 bits per heavy atom. The second-order valence-electron chi connectivity index (χ2n) is 9.02. The van der Waals surface area contributed by atoms with Crippen molar-refractivity contribution in [2.24, 2.45) is 0 Å². The summed E-state index contributed by atoms with van der Waals surface area (Å²) in [6.07, 6.45) is 4.26. The van der Waals surface area contributed by atoms with Crippen LogP contribution in [0.15, 0.2) is 42.6 Å². The zero-order chi connectivity index (χ0) is 23.1. The number of nitrogens with zero attached hydrogens (tertiary/aromatic N) is 5. The highest BCUT2D eigenvalue weighted by atomic mass is 16.1. The molecule has 1 saturated carbocycles. The van der Waals surface area contributed by atoms with Crippen LogP contribution in [-0.2, 0) is 13.1 Å². The van der Waals surface area contributed by atoms with Crippen molar-refractivity contribution < 1.29 is 4.79 Å². The number of rotatable bonds is 7. The quantitative estimate of drug-likeness (QED) is 0.451. The lowest BCUT2D eigenvalue weighted by Crippen LogP contribution is -2.27. The summed E-state index contributed by atoms with van der Waals surface area (Å²) in [6.45, 7) is 9.43. The van der Waals surface area contributed by atoms with Crippen LogP contribution >= 0.6 is 0 Å². The molecule has 170 valence electrons. The van der Waals surface area contributed by atoms with E-state index in [0.717, 1.165) is 58.6 Å². The molecule has 1 fully saturated rings. The van der Waals surface area contributed by atoms with E-state index in [-0.39, 0.29) is 11.9 Å². The monoisotopic (exact) mass is 442 g/mol. The minimum absolute atomic E-state index is 0.0946. The van der Waals surface area contributed by atoms with Crippen molar-refractivity contribution in [2.45, 2.75) is 65.6 Å². The molecule has 1 amide bonds. The van der Waals surface area contributed by atoms with E-state index >= 15 is 0 Å². The highest BCUT2D eigenvalue weighted by molar-refractivity contribution is 6.06. The van der Waals surface area contributed by atoms with E-state index < -0.39 is 0 Å². The van der Waals surface area contributed by atoms with Crippen LogP contribution in [-0.4, -0.2) is 30.5 Å². The molecule has 4 aromatic rings. The molecule has 0 bridgehead atoms. The number of carbonyl (C=O) groups excluding carboxylic acids is 1. The van der Waals surface area contributed by atoms with Crippen LogP contribution in [0.1, 0.15) is 77.2 Å². The number of fused-ring (bicyclic) bond motifs is 1. The van der Waals surface area contributed by atoms with Crippen molar-refractivity contribution in [1.82, 2.24) is 29.9 Å². The van der Waals surface area contributed by atoms with Gasteiger partial charge in [0.25, 0.3) is 5.91 Å². The third kappa shape index (κ3) is 4.15. The van der Waals surface area contributed by atoms with Gasteiger partial charge >= 0.3 is 0 Å². The van der Waals surface area contributed by atoms with Gasteiger partial charge in [0, 0.05) is 29.9 Å². The molecule has 1 atom stereocenters. The maximum absolute atomic E-state index is 13.5. The molecule has 1 aromatic carbocycles. The van der Waals surface area contributed by atoms with Crippen LogP contribution in [0.25, 0.3) is 11.0 Å². The van der Waals surface area contributed by atoms with E-state index in [1.807, 2.05) is 60.6 Å². The first kappa shape index (κ1) is 21.4. The van der Waals surface area contributed by atoms with Crippen LogP contribution in [0.3, 0.4) is 0 Å². The Morgan fingerprint density at radius 1 is 1.15 bits per heavy atom. The predicted octanol–water partition coefficient (Wildman–Crippen LogP) is 4.68. The van der Waals surface area contributed by atoms with Crippen LogP contribution in [0.4, 0.5) is 0 Å². The Balaban J connectivity index is 1.52. The predicted molar refractivity (Wildman–Crippen MR) is 128 cm³/mol. The van der Waals surface area contributed by atoms with Crippen molar-refractivity contribution in [3.63, 3.8) is 0 Å². The van der Waals surface area contributed by atoms with Crippen LogP contribution in [0, 0.1) is 13.8 Å². The number of hydrogen-bond donors (Lipinski definition) is 1. The topological polar surface area (TPSA) is 77.6 Å². The first-order valence-electron chi connectivity index (χ1n) is 11.7. The van der Waals surface area contributed by atoms with Crippen molar-refractivity contribution >= 4 is 16.9 Å². The van der Waals surface area contributed by atoms with Gasteiger partial charge in [-0.15, -0.1) is 0 Å². The van der Waals surface area contributed by atoms with E-state index in [0.29, 0.717) is 18.0 Å². The highest BCUT2D eigenvalue weighted by Crippen LogP contribution is 2.40. The summed E-state index contributed by atoms with van der Waals surface area (Å²) < 4.78 is 3.84. The number of carbonyl (C=O) groups is 1. The smallest absolute Gasteiger partial charge is 0.252 e. The molecule has 0 radical (unpaired) electrons. The Bertz CT molecular complexity index is 1320. The zero-order valence-corrected chi connectivity index (χ0v) is 19.7. The molecule has 1 unspecified atom stereocenters. The van der Waals surface area contributed by atoms with Gasteiger partial charge in [0.1, 0.15) is 0 Å². The van der Waals surface area contributed by atoms with Gasteiger partial charge in [0.15, 0.2) is 5.65 Å². The first-order valence-corrected chi connectivity index (χ1v) is 11.7. The van der Waals surface area contributed by atoms with Crippen LogP contribution < -0.4 is 5.32 Å². The molecule has 3 heterocycles. The number of nitrogens with one attached hydrogen (secondary N) is 1. The largest absolute Gasteiger partial charge is 0.345 e. The molecule has 1 N–H and O–H groups in total. The number of hydrogen-bond acceptors (Lipinski definition) is 4. The van der Waals surface area contributed by atoms with Gasteiger partial charge in [-0.2, -0.15) is 10.2 Å². The normalized spacial score (nSPS) is 14.5. The first-order chi connectivity index (χ1) is 15.9. The molecule has 0 spiro atoms. The highest BCUT2D eigenvalue weighted by Gasteiger charge is 2.29. The third-order valence-electron chi connectivity index (χ3n) is 6.44. The van der Waals surface area contributed by atoms with Gasteiger partial charge in [0.2, 0.25) is 0 Å². The van der Waals surface area contributed by atoms with E-state index in [9.17, 15) is 4.79 Å². The van der Waals surface area contributed by atoms with Gasteiger partial charge in [-0.1, -0.05) is 30.3 Å². The number of benzene rings is 1. The van der Waals surface area contributed by atoms with E-state index in [1.165, 1.54) is 0 Å². The third-order valence-corrected chi connectivity index (χ3v) is 6.44. The fourth-order valence-corrected chi connectivity index (χ4v) is 4.48. The van der Waals surface area contributed by atoms with Gasteiger partial charge in [0.05, 0.1) is 34.9 Å². The molecule has 0 aliphatic heterocycles. The lowest BCUT2D eigenvalue weighted by molar-refractivity contribution is 0.0941. The molecule has 33 heavy (non-hydrogen) atoms. The summed E-state index contributed by atoms with van der Waals surface area (Å²) in [5, 5.41) is 13.3. The van der Waals surface area contributed by atoms with Gasteiger partial charge < -0.3 is 5.32 Å². The molecule has 3 aromatic heterocycles. The maximum Gasteiger partial charge on any atom is 0.252 e. The van der Waals surface area contributed by atoms with E-state index in [2.05, 4.69) is 29.5 Å². The standard InChI is InChI=1S/C26H30N6O/c1-5-31-15-22(17(3)29-31)16(2)27-26(33)21-13-23(20-11-12-20)28-25-24(21)18(4)30-32(25)14-19-9-7-6-8-10-19/h6-10,13,15-16,20H,5,11-12,14H2,1-4H3,(H,27,33). The lowest BCUT2D eigenvalue weighted by Gasteiger charge is -2.15. The summed E-state index contributed by atoms with van der Waals surface area (Å²) in [4.78, 5) is 18.5. The van der Waals surface area contributed by atoms with Crippen molar-refractivity contribution in [3.05, 3.63) is 76.4 Å². The number of pyridine rings is 1. The zero-order valence-electron chi connectivity index (χ0n) is 19.7. The van der Waals surface area contributed by atoms with Crippen molar-refractivity contribution in [3.8, 4) is 0 Å². The molecule has 5 rings (SSSR count). The summed E-state index contributed by atoms with van der Waals surface area (Å²) >= 11 is 0. The average molecular weight is 443 g/mol. The summed E-state index contributed by atoms with van der Waals surface area (Å²) in [7, 11) is 0. The lowest BCUT2D eigenvalue weighted by atomic mass is 10.1. The Kier molecular flexibility index (Phi) is 5.48. The SMILES string of the molecule is CCn1cc(C(C)NC(=O)c2cc(C3CC3)nc3c2c(C)nn3Cc2ccccc2)c(C)n1. The second-order valence-corrected chi connectivity index (χ2v) is 9.02. The fraction of sp³-hybridized carbons (Fsp3) is 0.385. The Labute approximate surface area is 193 Å². The fourth-order valence-electron chi connectivity index (χ4n) is 4.48. The summed E-state index contributed by atoms with van der Waals surface area (Å²) in [6, 6.07) is 12.1. The maximum atomic E-state index is 13.5. The van der Waals surface area contributed by atoms with Crippen molar-refractivity contribution in [1.29, 1.82) is 0 Å². The molecule has 7 nitrogen and oxygen atoms in total. The molecule has 1 aliphatic rings. The Morgan fingerprint density at radius 3 is 2.58 bits per heavy atom. The summed E-state index contributed by atoms with van der Waals surface area (Å²) in [5.41, 5.74) is 6.39.